The van der Waals surface area contributed by atoms with E-state index in [1.54, 1.807) is 0 Å². The minimum atomic E-state index is 0.0700. The van der Waals surface area contributed by atoms with E-state index in [-0.39, 0.29) is 5.54 Å². The quantitative estimate of drug-likeness (QED) is 0.873. The lowest BCUT2D eigenvalue weighted by Gasteiger charge is -2.36. The zero-order valence-corrected chi connectivity index (χ0v) is 13.5. The van der Waals surface area contributed by atoms with Crippen LogP contribution in [0, 0.1) is 0 Å². The maximum atomic E-state index is 6.52. The fourth-order valence-electron chi connectivity index (χ4n) is 3.12. The minimum Gasteiger partial charge on any atom is -0.325 e. The Kier molecular flexibility index (Phi) is 5.48. The van der Waals surface area contributed by atoms with Crippen molar-refractivity contribution in [2.75, 3.05) is 13.6 Å². The lowest BCUT2D eigenvalue weighted by atomic mass is 9.80. The summed E-state index contributed by atoms with van der Waals surface area (Å²) >= 11 is 6.08. The summed E-state index contributed by atoms with van der Waals surface area (Å²) in [6.45, 7) is 3.28. The maximum Gasteiger partial charge on any atom is 0.0409 e. The maximum absolute atomic E-state index is 6.52. The molecule has 1 saturated carbocycles. The molecule has 112 valence electrons. The second-order valence-corrected chi connectivity index (χ2v) is 6.82. The summed E-state index contributed by atoms with van der Waals surface area (Å²) in [4.78, 5) is 2.38. The van der Waals surface area contributed by atoms with E-state index < -0.39 is 0 Å². The lowest BCUT2D eigenvalue weighted by Crippen LogP contribution is -2.44. The smallest absolute Gasteiger partial charge is 0.0409 e. The number of rotatable bonds is 5. The van der Waals surface area contributed by atoms with Gasteiger partial charge in [0.15, 0.2) is 0 Å². The van der Waals surface area contributed by atoms with Crippen molar-refractivity contribution < 1.29 is 0 Å². The van der Waals surface area contributed by atoms with Crippen LogP contribution < -0.4 is 5.73 Å². The summed E-state index contributed by atoms with van der Waals surface area (Å²) in [6, 6.07) is 8.52. The van der Waals surface area contributed by atoms with Crippen LogP contribution in [0.4, 0.5) is 0 Å². The largest absolute Gasteiger partial charge is 0.325 e. The molecule has 0 radical (unpaired) electrons. The molecule has 1 aliphatic rings. The van der Waals surface area contributed by atoms with Crippen molar-refractivity contribution in [2.24, 2.45) is 5.73 Å². The second kappa shape index (κ2) is 6.93. The molecule has 2 rings (SSSR count). The monoisotopic (exact) mass is 294 g/mol. The first kappa shape index (κ1) is 15.8. The van der Waals surface area contributed by atoms with Gasteiger partial charge in [-0.15, -0.1) is 0 Å². The van der Waals surface area contributed by atoms with Crippen LogP contribution in [0.5, 0.6) is 0 Å². The van der Waals surface area contributed by atoms with Gasteiger partial charge in [-0.3, -0.25) is 4.90 Å². The summed E-state index contributed by atoms with van der Waals surface area (Å²) in [5.74, 6) is 0. The average molecular weight is 295 g/mol. The van der Waals surface area contributed by atoms with Crippen LogP contribution in [0.15, 0.2) is 24.3 Å². The van der Waals surface area contributed by atoms with E-state index in [2.05, 4.69) is 31.0 Å². The Hall–Kier alpha value is -0.570. The molecular formula is C17H27ClN2. The highest BCUT2D eigenvalue weighted by atomic mass is 35.5. The summed E-state index contributed by atoms with van der Waals surface area (Å²) in [5, 5.41) is 0.810. The van der Waals surface area contributed by atoms with Crippen LogP contribution in [-0.4, -0.2) is 24.0 Å². The molecule has 0 aliphatic heterocycles. The van der Waals surface area contributed by atoms with Crippen molar-refractivity contribution in [1.82, 2.24) is 4.90 Å². The van der Waals surface area contributed by atoms with Gasteiger partial charge in [0.05, 0.1) is 0 Å². The molecule has 0 saturated heterocycles. The first-order valence-corrected chi connectivity index (χ1v) is 8.13. The van der Waals surface area contributed by atoms with Crippen LogP contribution >= 0.6 is 11.6 Å². The molecule has 1 aromatic carbocycles. The zero-order valence-electron chi connectivity index (χ0n) is 12.7. The third-order valence-electron chi connectivity index (χ3n) is 4.80. The molecule has 0 bridgehead atoms. The molecular weight excluding hydrogens is 268 g/mol. The Labute approximate surface area is 128 Å². The van der Waals surface area contributed by atoms with E-state index in [0.717, 1.165) is 18.0 Å². The fourth-order valence-corrected chi connectivity index (χ4v) is 3.32. The molecule has 1 aromatic rings. The average Bonchev–Trinajstić information content (AvgIpc) is 2.45. The van der Waals surface area contributed by atoms with Gasteiger partial charge in [-0.05, 0) is 50.9 Å². The zero-order chi connectivity index (χ0) is 14.6. The van der Waals surface area contributed by atoms with Gasteiger partial charge in [-0.1, -0.05) is 43.0 Å². The number of halogens is 1. The van der Waals surface area contributed by atoms with E-state index in [1.165, 1.54) is 37.7 Å². The van der Waals surface area contributed by atoms with E-state index >= 15 is 0 Å². The summed E-state index contributed by atoms with van der Waals surface area (Å²) in [7, 11) is 2.18. The van der Waals surface area contributed by atoms with Gasteiger partial charge in [0.1, 0.15) is 0 Å². The summed E-state index contributed by atoms with van der Waals surface area (Å²) in [5.41, 5.74) is 7.87. The fraction of sp³-hybridized carbons (Fsp3) is 0.647. The number of nitrogens with two attached hydrogens (primary N) is 1. The molecule has 1 fully saturated rings. The molecule has 0 heterocycles. The first-order chi connectivity index (χ1) is 9.50. The number of hydrogen-bond acceptors (Lipinski definition) is 2. The van der Waals surface area contributed by atoms with E-state index in [1.807, 2.05) is 12.1 Å². The van der Waals surface area contributed by atoms with Crippen molar-refractivity contribution in [3.63, 3.8) is 0 Å². The van der Waals surface area contributed by atoms with Crippen molar-refractivity contribution in [3.05, 3.63) is 34.9 Å². The highest BCUT2D eigenvalue weighted by molar-refractivity contribution is 6.30. The molecule has 2 N–H and O–H groups in total. The topological polar surface area (TPSA) is 29.3 Å². The molecule has 1 unspecified atom stereocenters. The van der Waals surface area contributed by atoms with E-state index in [9.17, 15) is 0 Å². The molecule has 0 amide bonds. The van der Waals surface area contributed by atoms with Crippen molar-refractivity contribution in [1.29, 1.82) is 0 Å². The third kappa shape index (κ3) is 4.21. The normalized spacial score (nSPS) is 20.1. The van der Waals surface area contributed by atoms with Gasteiger partial charge in [-0.25, -0.2) is 0 Å². The molecule has 0 aromatic heterocycles. The summed E-state index contributed by atoms with van der Waals surface area (Å²) < 4.78 is 0. The van der Waals surface area contributed by atoms with Crippen LogP contribution in [0.1, 0.15) is 57.1 Å². The number of nitrogens with zero attached hydrogens (tertiary/aromatic N) is 1. The highest BCUT2D eigenvalue weighted by Crippen LogP contribution is 2.30. The van der Waals surface area contributed by atoms with Gasteiger partial charge < -0.3 is 5.73 Å². The van der Waals surface area contributed by atoms with Crippen LogP contribution in [-0.2, 0) is 0 Å². The van der Waals surface area contributed by atoms with Gasteiger partial charge in [0.2, 0.25) is 0 Å². The van der Waals surface area contributed by atoms with Gasteiger partial charge in [0, 0.05) is 23.1 Å². The standard InChI is InChI=1S/C17H27ClN2/c1-14(15-7-6-8-16(18)13-15)20(2)12-11-17(19)9-4-3-5-10-17/h6-8,13-14H,3-5,9-12,19H2,1-2H3. The van der Waals surface area contributed by atoms with E-state index in [0.29, 0.717) is 6.04 Å². The second-order valence-electron chi connectivity index (χ2n) is 6.38. The minimum absolute atomic E-state index is 0.0700. The SMILES string of the molecule is CC(c1cccc(Cl)c1)N(C)CCC1(N)CCCCC1. The first-order valence-electron chi connectivity index (χ1n) is 7.75. The van der Waals surface area contributed by atoms with Crippen molar-refractivity contribution in [2.45, 2.75) is 57.0 Å². The Bertz CT molecular complexity index is 427. The summed E-state index contributed by atoms with van der Waals surface area (Å²) in [6.07, 6.45) is 7.41. The Morgan fingerprint density at radius 2 is 2.00 bits per heavy atom. The third-order valence-corrected chi connectivity index (χ3v) is 5.04. The van der Waals surface area contributed by atoms with Crippen LogP contribution in [0.3, 0.4) is 0 Å². The van der Waals surface area contributed by atoms with Gasteiger partial charge >= 0.3 is 0 Å². The predicted octanol–water partition coefficient (Wildman–Crippen LogP) is 4.38. The molecule has 0 spiro atoms. The number of hydrogen-bond donors (Lipinski definition) is 1. The Balaban J connectivity index is 1.89. The molecule has 1 aliphatic carbocycles. The molecule has 2 nitrogen and oxygen atoms in total. The molecule has 1 atom stereocenters. The van der Waals surface area contributed by atoms with Crippen molar-refractivity contribution >= 4 is 11.6 Å². The molecule has 20 heavy (non-hydrogen) atoms. The lowest BCUT2D eigenvalue weighted by molar-refractivity contribution is 0.201. The van der Waals surface area contributed by atoms with Gasteiger partial charge in [-0.2, -0.15) is 0 Å². The van der Waals surface area contributed by atoms with Crippen LogP contribution in [0.2, 0.25) is 5.02 Å². The predicted molar refractivity (Wildman–Crippen MR) is 87.1 cm³/mol. The van der Waals surface area contributed by atoms with Gasteiger partial charge in [0.25, 0.3) is 0 Å². The molecule has 3 heteroatoms. The van der Waals surface area contributed by atoms with E-state index in [4.69, 9.17) is 17.3 Å². The Morgan fingerprint density at radius 1 is 1.30 bits per heavy atom. The Morgan fingerprint density at radius 3 is 2.65 bits per heavy atom. The number of benzene rings is 1. The van der Waals surface area contributed by atoms with Crippen molar-refractivity contribution in [3.8, 4) is 0 Å². The van der Waals surface area contributed by atoms with Crippen LogP contribution in [0.25, 0.3) is 0 Å². The highest BCUT2D eigenvalue weighted by Gasteiger charge is 2.27.